The first kappa shape index (κ1) is 22.0. The maximum atomic E-state index is 12.9. The molecule has 0 bridgehead atoms. The Morgan fingerprint density at radius 2 is 2.16 bits per heavy atom. The van der Waals surface area contributed by atoms with Crippen LogP contribution < -0.4 is 15.0 Å². The van der Waals surface area contributed by atoms with Gasteiger partial charge in [-0.1, -0.05) is 35.2 Å². The number of carbonyl (C=O) groups excluding carboxylic acids is 1. The van der Waals surface area contributed by atoms with Gasteiger partial charge in [-0.05, 0) is 43.5 Å². The van der Waals surface area contributed by atoms with Gasteiger partial charge in [0.1, 0.15) is 5.75 Å². The summed E-state index contributed by atoms with van der Waals surface area (Å²) in [4.78, 5) is 25.2. The third-order valence-electron chi connectivity index (χ3n) is 4.85. The van der Waals surface area contributed by atoms with Crippen LogP contribution in [0.3, 0.4) is 0 Å². The first-order valence-electron chi connectivity index (χ1n) is 10.1. The van der Waals surface area contributed by atoms with Gasteiger partial charge in [-0.25, -0.2) is 0 Å². The van der Waals surface area contributed by atoms with Crippen LogP contribution in [-0.4, -0.2) is 39.9 Å². The molecule has 11 heteroatoms. The number of nitro benzene ring substituents is 1. The number of para-hydroxylation sites is 2. The molecular weight excluding hydrogens is 450 g/mol. The van der Waals surface area contributed by atoms with Gasteiger partial charge in [0.05, 0.1) is 23.0 Å². The van der Waals surface area contributed by atoms with E-state index in [-0.39, 0.29) is 17.3 Å². The summed E-state index contributed by atoms with van der Waals surface area (Å²) in [6.07, 6.45) is 1.50. The molecule has 0 fully saturated rings. The van der Waals surface area contributed by atoms with Crippen LogP contribution in [0.1, 0.15) is 18.9 Å². The van der Waals surface area contributed by atoms with Gasteiger partial charge in [0.25, 0.3) is 5.69 Å². The molecule has 9 nitrogen and oxygen atoms in total. The Kier molecular flexibility index (Phi) is 6.86. The van der Waals surface area contributed by atoms with E-state index in [0.717, 1.165) is 35.5 Å². The van der Waals surface area contributed by atoms with Crippen LogP contribution in [0.25, 0.3) is 0 Å². The van der Waals surface area contributed by atoms with Crippen molar-refractivity contribution in [3.63, 3.8) is 0 Å². The fraction of sp³-hybridized carbons (Fsp3) is 0.286. The van der Waals surface area contributed by atoms with Crippen molar-refractivity contribution in [1.82, 2.24) is 10.2 Å². The Morgan fingerprint density at radius 1 is 1.31 bits per heavy atom. The van der Waals surface area contributed by atoms with Crippen molar-refractivity contribution in [2.24, 2.45) is 0 Å². The van der Waals surface area contributed by atoms with Crippen LogP contribution >= 0.6 is 23.1 Å². The van der Waals surface area contributed by atoms with Gasteiger partial charge in [0, 0.05) is 24.4 Å². The largest absolute Gasteiger partial charge is 0.492 e. The number of carbonyl (C=O) groups is 1. The van der Waals surface area contributed by atoms with Gasteiger partial charge in [-0.3, -0.25) is 14.9 Å². The van der Waals surface area contributed by atoms with Gasteiger partial charge in [-0.15, -0.1) is 10.2 Å². The number of benzene rings is 2. The van der Waals surface area contributed by atoms with Gasteiger partial charge >= 0.3 is 0 Å². The lowest BCUT2D eigenvalue weighted by Gasteiger charge is -2.29. The second kappa shape index (κ2) is 9.96. The zero-order valence-electron chi connectivity index (χ0n) is 17.3. The van der Waals surface area contributed by atoms with Crippen molar-refractivity contribution in [2.75, 3.05) is 29.1 Å². The van der Waals surface area contributed by atoms with E-state index in [4.69, 9.17) is 4.74 Å². The molecule has 0 atom stereocenters. The highest BCUT2D eigenvalue weighted by atomic mass is 32.2. The number of nitrogens with zero attached hydrogens (tertiary/aromatic N) is 4. The number of nitrogens with one attached hydrogen (secondary N) is 1. The summed E-state index contributed by atoms with van der Waals surface area (Å²) in [5, 5.41) is 23.2. The Morgan fingerprint density at radius 3 is 2.97 bits per heavy atom. The fourth-order valence-electron chi connectivity index (χ4n) is 3.44. The number of anilines is 3. The number of rotatable bonds is 8. The molecule has 1 aliphatic heterocycles. The minimum Gasteiger partial charge on any atom is -0.492 e. The van der Waals surface area contributed by atoms with Crippen molar-refractivity contribution in [1.29, 1.82) is 0 Å². The molecule has 0 saturated heterocycles. The van der Waals surface area contributed by atoms with Crippen molar-refractivity contribution in [3.05, 3.63) is 58.1 Å². The van der Waals surface area contributed by atoms with E-state index >= 15 is 0 Å². The summed E-state index contributed by atoms with van der Waals surface area (Å²) in [5.41, 5.74) is 2.43. The smallest absolute Gasteiger partial charge is 0.269 e. The number of thioether (sulfide) groups is 1. The molecule has 0 radical (unpaired) electrons. The number of non-ortho nitro benzene ring substituents is 1. The molecule has 2 aromatic carbocycles. The van der Waals surface area contributed by atoms with E-state index in [9.17, 15) is 14.9 Å². The number of aromatic nitrogens is 2. The molecule has 1 aliphatic rings. The molecule has 166 valence electrons. The van der Waals surface area contributed by atoms with Crippen LogP contribution in [0.5, 0.6) is 5.75 Å². The maximum absolute atomic E-state index is 12.9. The van der Waals surface area contributed by atoms with Crippen LogP contribution in [0, 0.1) is 10.1 Å². The molecular formula is C21H21N5O4S2. The number of fused-ring (bicyclic) bond motifs is 1. The molecule has 1 aromatic heterocycles. The molecule has 0 spiro atoms. The van der Waals surface area contributed by atoms with Crippen LogP contribution in [-0.2, 0) is 11.2 Å². The van der Waals surface area contributed by atoms with Crippen molar-refractivity contribution >= 4 is 51.2 Å². The summed E-state index contributed by atoms with van der Waals surface area (Å²) in [6.45, 7) is 3.09. The number of nitro groups is 1. The molecule has 3 aromatic rings. The SMILES string of the molecule is CCOc1ccccc1Nc1nnc(SCC(=O)N2CCCc3cc([N+](=O)[O-])ccc32)s1. The number of amides is 1. The molecule has 32 heavy (non-hydrogen) atoms. The first-order valence-corrected chi connectivity index (χ1v) is 11.9. The minimum atomic E-state index is -0.412. The Bertz CT molecular complexity index is 1140. The standard InChI is InChI=1S/C21H21N5O4S2/c1-2-30-18-8-4-3-7-16(18)22-20-23-24-21(32-20)31-13-19(27)25-11-5-6-14-12-15(26(28)29)9-10-17(14)25/h3-4,7-10,12H,2,5-6,11,13H2,1H3,(H,22,23). The quantitative estimate of drug-likeness (QED) is 0.287. The molecule has 0 unspecified atom stereocenters. The maximum Gasteiger partial charge on any atom is 0.269 e. The second-order valence-electron chi connectivity index (χ2n) is 6.94. The van der Waals surface area contributed by atoms with Crippen LogP contribution in [0.4, 0.5) is 22.2 Å². The zero-order chi connectivity index (χ0) is 22.5. The normalized spacial score (nSPS) is 12.8. The highest BCUT2D eigenvalue weighted by Gasteiger charge is 2.24. The summed E-state index contributed by atoms with van der Waals surface area (Å²) in [6, 6.07) is 12.3. The Labute approximate surface area is 193 Å². The summed E-state index contributed by atoms with van der Waals surface area (Å²) in [7, 11) is 0. The third kappa shape index (κ3) is 5.00. The lowest BCUT2D eigenvalue weighted by atomic mass is 10.0. The number of aryl methyl sites for hydroxylation is 1. The predicted octanol–water partition coefficient (Wildman–Crippen LogP) is 4.66. The molecule has 2 heterocycles. The van der Waals surface area contributed by atoms with E-state index in [1.165, 1.54) is 29.2 Å². The van der Waals surface area contributed by atoms with Crippen LogP contribution in [0.2, 0.25) is 0 Å². The highest BCUT2D eigenvalue weighted by molar-refractivity contribution is 8.01. The molecule has 0 aliphatic carbocycles. The zero-order valence-corrected chi connectivity index (χ0v) is 18.9. The van der Waals surface area contributed by atoms with Crippen molar-refractivity contribution in [3.8, 4) is 5.75 Å². The lowest BCUT2D eigenvalue weighted by Crippen LogP contribution is -2.36. The van der Waals surface area contributed by atoms with E-state index in [2.05, 4.69) is 15.5 Å². The van der Waals surface area contributed by atoms with E-state index in [1.54, 1.807) is 17.0 Å². The van der Waals surface area contributed by atoms with E-state index in [0.29, 0.717) is 22.6 Å². The Balaban J connectivity index is 1.39. The number of ether oxygens (including phenoxy) is 1. The first-order chi connectivity index (χ1) is 15.5. The summed E-state index contributed by atoms with van der Waals surface area (Å²) in [5.74, 6) is 0.885. The average molecular weight is 472 g/mol. The predicted molar refractivity (Wildman–Crippen MR) is 125 cm³/mol. The molecule has 0 saturated carbocycles. The van der Waals surface area contributed by atoms with Gasteiger partial charge in [-0.2, -0.15) is 0 Å². The Hall–Kier alpha value is -3.18. The number of hydrogen-bond donors (Lipinski definition) is 1. The third-order valence-corrected chi connectivity index (χ3v) is 6.80. The topological polar surface area (TPSA) is 110 Å². The second-order valence-corrected chi connectivity index (χ2v) is 9.14. The van der Waals surface area contributed by atoms with E-state index < -0.39 is 4.92 Å². The monoisotopic (exact) mass is 471 g/mol. The minimum absolute atomic E-state index is 0.0484. The lowest BCUT2D eigenvalue weighted by molar-refractivity contribution is -0.384. The molecule has 4 rings (SSSR count). The summed E-state index contributed by atoms with van der Waals surface area (Å²) >= 11 is 2.69. The number of hydrogen-bond acceptors (Lipinski definition) is 9. The van der Waals surface area contributed by atoms with E-state index in [1.807, 2.05) is 31.2 Å². The van der Waals surface area contributed by atoms with Gasteiger partial charge in [0.2, 0.25) is 11.0 Å². The van der Waals surface area contributed by atoms with Crippen molar-refractivity contribution < 1.29 is 14.5 Å². The fourth-order valence-corrected chi connectivity index (χ4v) is 5.08. The van der Waals surface area contributed by atoms with Crippen LogP contribution in [0.15, 0.2) is 46.8 Å². The molecule has 1 N–H and O–H groups in total. The van der Waals surface area contributed by atoms with Gasteiger partial charge in [0.15, 0.2) is 4.34 Å². The molecule has 1 amide bonds. The summed E-state index contributed by atoms with van der Waals surface area (Å²) < 4.78 is 6.29. The van der Waals surface area contributed by atoms with Gasteiger partial charge < -0.3 is 15.0 Å². The van der Waals surface area contributed by atoms with Crippen molar-refractivity contribution in [2.45, 2.75) is 24.1 Å². The highest BCUT2D eigenvalue weighted by Crippen LogP contribution is 2.34. The average Bonchev–Trinajstić information content (AvgIpc) is 3.25.